The van der Waals surface area contributed by atoms with E-state index in [0.717, 1.165) is 0 Å². The van der Waals surface area contributed by atoms with Gasteiger partial charge in [-0.05, 0) is 43.3 Å². The van der Waals surface area contributed by atoms with E-state index in [1.807, 2.05) is 0 Å². The van der Waals surface area contributed by atoms with Gasteiger partial charge in [0.05, 0.1) is 16.6 Å². The Bertz CT molecular complexity index is 941. The highest BCUT2D eigenvalue weighted by Crippen LogP contribution is 2.28. The fraction of sp³-hybridized carbons (Fsp3) is 0.222. The molecule has 0 radical (unpaired) electrons. The lowest BCUT2D eigenvalue weighted by Gasteiger charge is -2.15. The fourth-order valence-corrected chi connectivity index (χ4v) is 2.61. The molecule has 27 heavy (non-hydrogen) atoms. The Morgan fingerprint density at radius 2 is 1.70 bits per heavy atom. The highest BCUT2D eigenvalue weighted by molar-refractivity contribution is 5.89. The van der Waals surface area contributed by atoms with Crippen molar-refractivity contribution in [3.63, 3.8) is 0 Å². The highest BCUT2D eigenvalue weighted by atomic mass is 19.3. The van der Waals surface area contributed by atoms with E-state index in [2.05, 4.69) is 9.72 Å². The molecule has 0 amide bonds. The van der Waals surface area contributed by atoms with Gasteiger partial charge in [-0.1, -0.05) is 12.1 Å². The van der Waals surface area contributed by atoms with Crippen molar-refractivity contribution >= 4 is 17.0 Å². The molecule has 0 fully saturated rings. The lowest BCUT2D eigenvalue weighted by atomic mass is 10.2. The van der Waals surface area contributed by atoms with Crippen molar-refractivity contribution in [2.24, 2.45) is 0 Å². The van der Waals surface area contributed by atoms with E-state index in [0.29, 0.717) is 10.1 Å². The number of rotatable bonds is 6. The van der Waals surface area contributed by atoms with Crippen LogP contribution in [-0.4, -0.2) is 22.1 Å². The number of ether oxygens (including phenoxy) is 2. The SMILES string of the molecule is CC(OC(=O)c1ccc(OC(F)F)cc1)c1nc2ccccc2n1C(F)F. The number of carbonyl (C=O) groups excluding carboxylic acids is 1. The Morgan fingerprint density at radius 1 is 1.04 bits per heavy atom. The summed E-state index contributed by atoms with van der Waals surface area (Å²) in [5.74, 6) is -1.02. The molecule has 0 saturated heterocycles. The third-order valence-electron chi connectivity index (χ3n) is 3.78. The molecule has 1 unspecified atom stereocenters. The lowest BCUT2D eigenvalue weighted by Crippen LogP contribution is -2.14. The molecule has 142 valence electrons. The molecule has 1 aromatic heterocycles. The molecule has 3 rings (SSSR count). The first kappa shape index (κ1) is 18.7. The molecule has 0 saturated carbocycles. The van der Waals surface area contributed by atoms with E-state index in [-0.39, 0.29) is 22.7 Å². The summed E-state index contributed by atoms with van der Waals surface area (Å²) in [5.41, 5.74) is 0.631. The first-order valence-electron chi connectivity index (χ1n) is 7.87. The van der Waals surface area contributed by atoms with Gasteiger partial charge in [0.1, 0.15) is 5.75 Å². The number of aromatic nitrogens is 2. The van der Waals surface area contributed by atoms with Crippen LogP contribution in [0.15, 0.2) is 48.5 Å². The summed E-state index contributed by atoms with van der Waals surface area (Å²) in [7, 11) is 0. The van der Waals surface area contributed by atoms with Crippen LogP contribution >= 0.6 is 0 Å². The quantitative estimate of drug-likeness (QED) is 0.447. The number of hydrogen-bond acceptors (Lipinski definition) is 4. The summed E-state index contributed by atoms with van der Waals surface area (Å²) in [6.07, 6.45) is -1.06. The zero-order valence-electron chi connectivity index (χ0n) is 14.0. The molecule has 0 spiro atoms. The Kier molecular flexibility index (Phi) is 5.29. The van der Waals surface area contributed by atoms with Gasteiger partial charge in [0.25, 0.3) is 0 Å². The Morgan fingerprint density at radius 3 is 2.33 bits per heavy atom. The predicted molar refractivity (Wildman–Crippen MR) is 87.9 cm³/mol. The average Bonchev–Trinajstić information content (AvgIpc) is 3.01. The van der Waals surface area contributed by atoms with Gasteiger partial charge < -0.3 is 9.47 Å². The monoisotopic (exact) mass is 382 g/mol. The van der Waals surface area contributed by atoms with Crippen molar-refractivity contribution in [2.75, 3.05) is 0 Å². The van der Waals surface area contributed by atoms with Crippen molar-refractivity contribution in [3.05, 3.63) is 59.9 Å². The second kappa shape index (κ2) is 7.65. The largest absolute Gasteiger partial charge is 0.451 e. The van der Waals surface area contributed by atoms with Crippen LogP contribution in [-0.2, 0) is 4.74 Å². The Hall–Kier alpha value is -3.10. The number of esters is 1. The van der Waals surface area contributed by atoms with Gasteiger partial charge in [0, 0.05) is 0 Å². The average molecular weight is 382 g/mol. The maximum absolute atomic E-state index is 13.5. The molecule has 0 N–H and O–H groups in total. The Balaban J connectivity index is 1.81. The van der Waals surface area contributed by atoms with E-state index >= 15 is 0 Å². The van der Waals surface area contributed by atoms with Crippen molar-refractivity contribution < 1.29 is 31.8 Å². The number of carbonyl (C=O) groups is 1. The molecule has 5 nitrogen and oxygen atoms in total. The normalized spacial score (nSPS) is 12.6. The minimum atomic E-state index is -2.98. The number of imidazole rings is 1. The van der Waals surface area contributed by atoms with Gasteiger partial charge >= 0.3 is 19.1 Å². The smallest absolute Gasteiger partial charge is 0.387 e. The van der Waals surface area contributed by atoms with Crippen LogP contribution in [0.2, 0.25) is 0 Å². The standard InChI is InChI=1S/C18H14F4N2O3/c1-10(15-23-13-4-2-3-5-14(13)24(15)17(19)20)26-16(25)11-6-8-12(9-7-11)27-18(21)22/h2-10,17-18H,1H3. The topological polar surface area (TPSA) is 53.4 Å². The molecule has 9 heteroatoms. The maximum atomic E-state index is 13.5. The van der Waals surface area contributed by atoms with Crippen LogP contribution in [0, 0.1) is 0 Å². The van der Waals surface area contributed by atoms with Crippen LogP contribution in [0.1, 0.15) is 35.8 Å². The summed E-state index contributed by atoms with van der Waals surface area (Å²) in [6, 6.07) is 11.2. The maximum Gasteiger partial charge on any atom is 0.387 e. The molecule has 2 aromatic carbocycles. The molecule has 0 aliphatic rings. The second-order valence-electron chi connectivity index (χ2n) is 5.56. The third-order valence-corrected chi connectivity index (χ3v) is 3.78. The van der Waals surface area contributed by atoms with Crippen LogP contribution in [0.25, 0.3) is 11.0 Å². The van der Waals surface area contributed by atoms with E-state index < -0.39 is 25.2 Å². The zero-order chi connectivity index (χ0) is 19.6. The van der Waals surface area contributed by atoms with Crippen molar-refractivity contribution in [1.29, 1.82) is 0 Å². The zero-order valence-corrected chi connectivity index (χ0v) is 14.0. The van der Waals surface area contributed by atoms with E-state index in [9.17, 15) is 22.4 Å². The van der Waals surface area contributed by atoms with Gasteiger partial charge in [0.2, 0.25) is 0 Å². The number of fused-ring (bicyclic) bond motifs is 1. The summed E-state index contributed by atoms with van der Waals surface area (Å²) in [5, 5.41) is 0. The summed E-state index contributed by atoms with van der Waals surface area (Å²) >= 11 is 0. The van der Waals surface area contributed by atoms with Crippen LogP contribution < -0.4 is 4.74 Å². The van der Waals surface area contributed by atoms with E-state index in [1.165, 1.54) is 37.3 Å². The predicted octanol–water partition coefficient (Wildman–Crippen LogP) is 4.95. The second-order valence-corrected chi connectivity index (χ2v) is 5.56. The molecular weight excluding hydrogens is 368 g/mol. The first-order valence-corrected chi connectivity index (χ1v) is 7.87. The van der Waals surface area contributed by atoms with Crippen LogP contribution in [0.3, 0.4) is 0 Å². The minimum absolute atomic E-state index is 0.0585. The fourth-order valence-electron chi connectivity index (χ4n) is 2.61. The first-order chi connectivity index (χ1) is 12.9. The molecule has 1 heterocycles. The molecule has 1 atom stereocenters. The number of benzene rings is 2. The number of hydrogen-bond donors (Lipinski definition) is 0. The van der Waals surface area contributed by atoms with Crippen LogP contribution in [0.4, 0.5) is 17.6 Å². The number of nitrogens with zero attached hydrogens (tertiary/aromatic N) is 2. The summed E-state index contributed by atoms with van der Waals surface area (Å²) in [4.78, 5) is 16.4. The summed E-state index contributed by atoms with van der Waals surface area (Å²) < 4.78 is 61.3. The summed E-state index contributed by atoms with van der Waals surface area (Å²) in [6.45, 7) is -4.42. The molecule has 0 bridgehead atoms. The Labute approximate surface area is 151 Å². The van der Waals surface area contributed by atoms with E-state index in [1.54, 1.807) is 18.2 Å². The third kappa shape index (κ3) is 4.02. The van der Waals surface area contributed by atoms with Gasteiger partial charge in [-0.2, -0.15) is 17.6 Å². The molecular formula is C18H14F4N2O3. The number of alkyl halides is 4. The minimum Gasteiger partial charge on any atom is -0.451 e. The van der Waals surface area contributed by atoms with Crippen molar-refractivity contribution in [1.82, 2.24) is 9.55 Å². The lowest BCUT2D eigenvalue weighted by molar-refractivity contribution is -0.0498. The van der Waals surface area contributed by atoms with Crippen molar-refractivity contribution in [3.8, 4) is 5.75 Å². The number of para-hydroxylation sites is 2. The van der Waals surface area contributed by atoms with Crippen molar-refractivity contribution in [2.45, 2.75) is 26.2 Å². The van der Waals surface area contributed by atoms with Gasteiger partial charge in [-0.3, -0.25) is 4.57 Å². The van der Waals surface area contributed by atoms with E-state index in [4.69, 9.17) is 4.74 Å². The van der Waals surface area contributed by atoms with Gasteiger partial charge in [-0.15, -0.1) is 0 Å². The highest BCUT2D eigenvalue weighted by Gasteiger charge is 2.24. The van der Waals surface area contributed by atoms with Gasteiger partial charge in [0.15, 0.2) is 11.9 Å². The number of halogens is 4. The molecule has 0 aliphatic carbocycles. The van der Waals surface area contributed by atoms with Crippen LogP contribution in [0.5, 0.6) is 5.75 Å². The van der Waals surface area contributed by atoms with Gasteiger partial charge in [-0.25, -0.2) is 9.78 Å². The molecule has 3 aromatic rings. The molecule has 0 aliphatic heterocycles.